The minimum absolute atomic E-state index is 0.0145. The molecule has 2 aromatic rings. The molecule has 1 saturated heterocycles. The van der Waals surface area contributed by atoms with E-state index < -0.39 is 0 Å². The topological polar surface area (TPSA) is 38.8 Å². The van der Waals surface area contributed by atoms with Crippen LogP contribution in [0.1, 0.15) is 37.0 Å². The van der Waals surface area contributed by atoms with Gasteiger partial charge in [-0.2, -0.15) is 0 Å². The number of piperidine rings is 1. The van der Waals surface area contributed by atoms with E-state index in [2.05, 4.69) is 35.2 Å². The molecule has 2 aromatic carbocycles. The summed E-state index contributed by atoms with van der Waals surface area (Å²) in [5.74, 6) is -0.0801. The number of ether oxygens (including phenoxy) is 2. The summed E-state index contributed by atoms with van der Waals surface area (Å²) in [5.41, 5.74) is 2.46. The van der Waals surface area contributed by atoms with E-state index in [1.165, 1.54) is 15.4 Å². The van der Waals surface area contributed by atoms with Crippen LogP contribution in [0.5, 0.6) is 0 Å². The van der Waals surface area contributed by atoms with Crippen LogP contribution < -0.4 is 0 Å². The number of rotatable bonds is 6. The maximum absolute atomic E-state index is 12.1. The quantitative estimate of drug-likeness (QED) is 0.558. The van der Waals surface area contributed by atoms with Crippen molar-refractivity contribution in [1.82, 2.24) is 4.90 Å². The number of halogens is 1. The molecular formula is C24H28ClNO3S. The molecule has 0 radical (unpaired) electrons. The Morgan fingerprint density at radius 1 is 1.23 bits per heavy atom. The second-order valence-corrected chi connectivity index (χ2v) is 9.37. The first-order chi connectivity index (χ1) is 14.6. The average Bonchev–Trinajstić information content (AvgIpc) is 2.90. The van der Waals surface area contributed by atoms with Crippen molar-refractivity contribution in [3.63, 3.8) is 0 Å². The Labute approximate surface area is 187 Å². The van der Waals surface area contributed by atoms with Gasteiger partial charge in [-0.3, -0.25) is 4.79 Å². The number of benzene rings is 2. The van der Waals surface area contributed by atoms with Crippen LogP contribution in [0.4, 0.5) is 0 Å². The predicted molar refractivity (Wildman–Crippen MR) is 120 cm³/mol. The highest BCUT2D eigenvalue weighted by molar-refractivity contribution is 7.99. The third-order valence-corrected chi connectivity index (χ3v) is 7.21. The molecule has 2 unspecified atom stereocenters. The van der Waals surface area contributed by atoms with Gasteiger partial charge in [-0.05, 0) is 61.7 Å². The van der Waals surface area contributed by atoms with Gasteiger partial charge in [0.05, 0.1) is 25.2 Å². The van der Waals surface area contributed by atoms with Crippen molar-refractivity contribution in [2.75, 3.05) is 32.8 Å². The van der Waals surface area contributed by atoms with Crippen molar-refractivity contribution < 1.29 is 14.3 Å². The minimum atomic E-state index is -0.0657. The number of fused-ring (bicyclic) bond motifs is 2. The van der Waals surface area contributed by atoms with Gasteiger partial charge >= 0.3 is 5.97 Å². The predicted octanol–water partition coefficient (Wildman–Crippen LogP) is 5.38. The first-order valence-corrected chi connectivity index (χ1v) is 11.9. The largest absolute Gasteiger partial charge is 0.466 e. The molecule has 0 aliphatic carbocycles. The average molecular weight is 446 g/mol. The van der Waals surface area contributed by atoms with Crippen molar-refractivity contribution in [2.45, 2.75) is 42.1 Å². The molecule has 0 aromatic heterocycles. The zero-order valence-corrected chi connectivity index (χ0v) is 18.9. The fraction of sp³-hybridized carbons (Fsp3) is 0.458. The third-order valence-electron chi connectivity index (χ3n) is 5.77. The van der Waals surface area contributed by atoms with Crippen LogP contribution in [0.2, 0.25) is 5.02 Å². The zero-order chi connectivity index (χ0) is 20.9. The fourth-order valence-corrected chi connectivity index (χ4v) is 5.54. The van der Waals surface area contributed by atoms with Crippen molar-refractivity contribution >= 4 is 29.3 Å². The molecule has 6 heteroatoms. The molecule has 0 saturated carbocycles. The second-order valence-electron chi connectivity index (χ2n) is 7.85. The van der Waals surface area contributed by atoms with Gasteiger partial charge in [-0.25, -0.2) is 0 Å². The monoisotopic (exact) mass is 445 g/mol. The van der Waals surface area contributed by atoms with Crippen LogP contribution in [0, 0.1) is 5.92 Å². The van der Waals surface area contributed by atoms with Gasteiger partial charge in [-0.1, -0.05) is 41.6 Å². The summed E-state index contributed by atoms with van der Waals surface area (Å²) in [7, 11) is 0. The van der Waals surface area contributed by atoms with Crippen molar-refractivity contribution in [1.29, 1.82) is 0 Å². The molecular weight excluding hydrogens is 418 g/mol. The molecule has 4 rings (SSSR count). The second kappa shape index (κ2) is 10.2. The molecule has 30 heavy (non-hydrogen) atoms. The molecule has 2 atom stereocenters. The summed E-state index contributed by atoms with van der Waals surface area (Å²) in [6.45, 7) is 5.51. The first-order valence-electron chi connectivity index (χ1n) is 10.7. The normalized spacial score (nSPS) is 21.4. The van der Waals surface area contributed by atoms with E-state index >= 15 is 0 Å². The number of carbonyl (C=O) groups is 1. The Kier molecular flexibility index (Phi) is 7.37. The van der Waals surface area contributed by atoms with Gasteiger partial charge in [0, 0.05) is 34.3 Å². The molecule has 0 spiro atoms. The summed E-state index contributed by atoms with van der Waals surface area (Å²) in [6.07, 6.45) is 2.75. The SMILES string of the molecule is CCOC(=O)C1CCCN(CCOC2Cc3ccccc3Sc3ccc(Cl)cc32)C1. The standard InChI is InChI=1S/C24H28ClNO3S/c1-2-28-24(27)18-7-5-11-26(16-18)12-13-29-21-14-17-6-3-4-8-22(17)30-23-10-9-19(25)15-20(21)23/h3-4,6,8-10,15,18,21H,2,5,7,11-14,16H2,1H3. The van der Waals surface area contributed by atoms with E-state index in [0.717, 1.165) is 49.5 Å². The molecule has 2 aliphatic rings. The molecule has 0 bridgehead atoms. The lowest BCUT2D eigenvalue weighted by molar-refractivity contribution is -0.150. The van der Waals surface area contributed by atoms with Gasteiger partial charge in [0.25, 0.3) is 0 Å². The summed E-state index contributed by atoms with van der Waals surface area (Å²) >= 11 is 8.10. The summed E-state index contributed by atoms with van der Waals surface area (Å²) in [4.78, 5) is 16.9. The fourth-order valence-electron chi connectivity index (χ4n) is 4.25. The molecule has 1 fully saturated rings. The van der Waals surface area contributed by atoms with Gasteiger partial charge in [0.2, 0.25) is 0 Å². The van der Waals surface area contributed by atoms with Gasteiger partial charge in [0.15, 0.2) is 0 Å². The summed E-state index contributed by atoms with van der Waals surface area (Å²) in [5, 5.41) is 0.738. The molecule has 0 amide bonds. The maximum Gasteiger partial charge on any atom is 0.310 e. The Bertz CT molecular complexity index is 891. The first kappa shape index (κ1) is 21.7. The number of hydrogen-bond acceptors (Lipinski definition) is 5. The lowest BCUT2D eigenvalue weighted by Crippen LogP contribution is -2.41. The molecule has 2 heterocycles. The lowest BCUT2D eigenvalue weighted by atomic mass is 9.98. The van der Waals surface area contributed by atoms with Gasteiger partial charge < -0.3 is 14.4 Å². The van der Waals surface area contributed by atoms with Gasteiger partial charge in [0.1, 0.15) is 0 Å². The molecule has 2 aliphatic heterocycles. The van der Waals surface area contributed by atoms with Crippen LogP contribution in [0.3, 0.4) is 0 Å². The smallest absolute Gasteiger partial charge is 0.310 e. The Morgan fingerprint density at radius 2 is 2.10 bits per heavy atom. The van der Waals surface area contributed by atoms with E-state index in [1.54, 1.807) is 11.8 Å². The van der Waals surface area contributed by atoms with E-state index in [9.17, 15) is 4.79 Å². The number of esters is 1. The highest BCUT2D eigenvalue weighted by Crippen LogP contribution is 2.42. The molecule has 160 valence electrons. The third kappa shape index (κ3) is 5.20. The maximum atomic E-state index is 12.1. The van der Waals surface area contributed by atoms with Crippen LogP contribution >= 0.6 is 23.4 Å². The minimum Gasteiger partial charge on any atom is -0.466 e. The zero-order valence-electron chi connectivity index (χ0n) is 17.3. The Hall–Kier alpha value is -1.53. The van der Waals surface area contributed by atoms with E-state index in [1.807, 2.05) is 19.1 Å². The van der Waals surface area contributed by atoms with Crippen molar-refractivity contribution in [3.8, 4) is 0 Å². The lowest BCUT2D eigenvalue weighted by Gasteiger charge is -2.31. The van der Waals surface area contributed by atoms with Crippen LogP contribution in [0.25, 0.3) is 0 Å². The van der Waals surface area contributed by atoms with E-state index in [0.29, 0.717) is 13.2 Å². The van der Waals surface area contributed by atoms with E-state index in [4.69, 9.17) is 21.1 Å². The summed E-state index contributed by atoms with van der Waals surface area (Å²) < 4.78 is 11.6. The van der Waals surface area contributed by atoms with E-state index in [-0.39, 0.29) is 18.0 Å². The van der Waals surface area contributed by atoms with Crippen LogP contribution in [0.15, 0.2) is 52.3 Å². The number of carbonyl (C=O) groups excluding carboxylic acids is 1. The molecule has 0 N–H and O–H groups in total. The highest BCUT2D eigenvalue weighted by Gasteiger charge is 2.27. The Balaban J connectivity index is 1.41. The number of likely N-dealkylation sites (tertiary alicyclic amines) is 1. The van der Waals surface area contributed by atoms with Crippen molar-refractivity contribution in [2.24, 2.45) is 5.92 Å². The van der Waals surface area contributed by atoms with Crippen LogP contribution in [-0.4, -0.2) is 43.7 Å². The van der Waals surface area contributed by atoms with Crippen molar-refractivity contribution in [3.05, 3.63) is 58.6 Å². The van der Waals surface area contributed by atoms with Crippen LogP contribution in [-0.2, 0) is 20.7 Å². The van der Waals surface area contributed by atoms with Gasteiger partial charge in [-0.15, -0.1) is 0 Å². The molecule has 4 nitrogen and oxygen atoms in total. The summed E-state index contributed by atoms with van der Waals surface area (Å²) in [6, 6.07) is 14.6. The highest BCUT2D eigenvalue weighted by atomic mass is 35.5. The Morgan fingerprint density at radius 3 is 2.97 bits per heavy atom. The number of nitrogens with zero attached hydrogens (tertiary/aromatic N) is 1. The number of hydrogen-bond donors (Lipinski definition) is 0.